The van der Waals surface area contributed by atoms with Crippen LogP contribution in [0.1, 0.15) is 24.2 Å². The molecule has 0 radical (unpaired) electrons. The van der Waals surface area contributed by atoms with Crippen LogP contribution in [0, 0.1) is 0 Å². The molecule has 3 rings (SSSR count). The Kier molecular flexibility index (Phi) is 3.87. The molecule has 2 heterocycles. The van der Waals surface area contributed by atoms with Gasteiger partial charge < -0.3 is 10.1 Å². The lowest BCUT2D eigenvalue weighted by Gasteiger charge is -2.24. The minimum absolute atomic E-state index is 0.204. The van der Waals surface area contributed by atoms with Crippen LogP contribution in [0.3, 0.4) is 0 Å². The number of ether oxygens (including phenoxy) is 1. The molecule has 1 unspecified atom stereocenters. The third-order valence-corrected chi connectivity index (χ3v) is 3.93. The lowest BCUT2D eigenvalue weighted by Crippen LogP contribution is -2.21. The first-order valence-electron chi connectivity index (χ1n) is 6.75. The molecule has 0 saturated carbocycles. The van der Waals surface area contributed by atoms with Crippen molar-refractivity contribution in [3.8, 4) is 5.75 Å². The van der Waals surface area contributed by atoms with Gasteiger partial charge in [-0.2, -0.15) is 0 Å². The molecule has 0 fully saturated rings. The Balaban J connectivity index is 1.86. The van der Waals surface area contributed by atoms with Gasteiger partial charge in [-0.1, -0.05) is 18.2 Å². The van der Waals surface area contributed by atoms with Crippen LogP contribution in [-0.2, 0) is 6.42 Å². The monoisotopic (exact) mass is 333 g/mol. The van der Waals surface area contributed by atoms with Crippen LogP contribution in [0.2, 0.25) is 0 Å². The smallest absolute Gasteiger partial charge is 0.144 e. The van der Waals surface area contributed by atoms with Crippen LogP contribution >= 0.6 is 15.9 Å². The largest absolute Gasteiger partial charge is 0.493 e. The molecule has 1 aliphatic heterocycles. The number of nitrogens with zero attached hydrogens (tertiary/aromatic N) is 2. The number of rotatable bonds is 3. The maximum absolute atomic E-state index is 5.81. The van der Waals surface area contributed by atoms with Crippen LogP contribution in [0.5, 0.6) is 5.75 Å². The summed E-state index contributed by atoms with van der Waals surface area (Å²) < 4.78 is 6.70. The quantitative estimate of drug-likeness (QED) is 0.935. The molecule has 5 heteroatoms. The van der Waals surface area contributed by atoms with Crippen LogP contribution in [0.25, 0.3) is 0 Å². The third kappa shape index (κ3) is 2.63. The van der Waals surface area contributed by atoms with Gasteiger partial charge in [-0.15, -0.1) is 0 Å². The van der Waals surface area contributed by atoms with Crippen molar-refractivity contribution in [2.24, 2.45) is 0 Å². The first-order chi connectivity index (χ1) is 9.78. The van der Waals surface area contributed by atoms with E-state index in [-0.39, 0.29) is 5.92 Å². The van der Waals surface area contributed by atoms with E-state index in [1.165, 1.54) is 5.56 Å². The van der Waals surface area contributed by atoms with E-state index in [1.54, 1.807) is 6.20 Å². The molecule has 2 aromatic rings. The van der Waals surface area contributed by atoms with Gasteiger partial charge >= 0.3 is 0 Å². The van der Waals surface area contributed by atoms with Crippen LogP contribution in [-0.4, -0.2) is 23.1 Å². The Labute approximate surface area is 126 Å². The highest BCUT2D eigenvalue weighted by molar-refractivity contribution is 9.10. The van der Waals surface area contributed by atoms with E-state index in [9.17, 15) is 0 Å². The predicted octanol–water partition coefficient (Wildman–Crippen LogP) is 3.39. The van der Waals surface area contributed by atoms with E-state index in [2.05, 4.69) is 37.3 Å². The standard InChI is InChI=1S/C15H16BrN3O/c1-2-17-15-12(16)8-18-14(19-15)11-7-10-5-3-4-6-13(10)20-9-11/h3-6,8,11H,2,7,9H2,1H3,(H,17,18,19). The highest BCUT2D eigenvalue weighted by Gasteiger charge is 2.23. The lowest BCUT2D eigenvalue weighted by molar-refractivity contribution is 0.258. The number of fused-ring (bicyclic) bond motifs is 1. The normalized spacial score (nSPS) is 17.2. The molecular weight excluding hydrogens is 318 g/mol. The number of nitrogens with one attached hydrogen (secondary N) is 1. The second-order valence-corrected chi connectivity index (χ2v) is 5.63. The summed E-state index contributed by atoms with van der Waals surface area (Å²) in [6.45, 7) is 3.51. The molecule has 0 saturated heterocycles. The van der Waals surface area contributed by atoms with E-state index in [0.717, 1.165) is 34.8 Å². The van der Waals surface area contributed by atoms with Gasteiger partial charge in [-0.25, -0.2) is 9.97 Å². The second-order valence-electron chi connectivity index (χ2n) is 4.77. The Morgan fingerprint density at radius 2 is 2.25 bits per heavy atom. The molecule has 4 nitrogen and oxygen atoms in total. The molecule has 1 atom stereocenters. The van der Waals surface area contributed by atoms with E-state index >= 15 is 0 Å². The summed E-state index contributed by atoms with van der Waals surface area (Å²) >= 11 is 3.46. The van der Waals surface area contributed by atoms with Gasteiger partial charge in [0.15, 0.2) is 0 Å². The van der Waals surface area contributed by atoms with Crippen molar-refractivity contribution in [3.05, 3.63) is 46.3 Å². The van der Waals surface area contributed by atoms with E-state index in [4.69, 9.17) is 4.74 Å². The summed E-state index contributed by atoms with van der Waals surface area (Å²) in [5, 5.41) is 3.24. The van der Waals surface area contributed by atoms with Crippen molar-refractivity contribution in [1.82, 2.24) is 9.97 Å². The molecule has 0 aliphatic carbocycles. The van der Waals surface area contributed by atoms with Gasteiger partial charge in [-0.3, -0.25) is 0 Å². The maximum Gasteiger partial charge on any atom is 0.144 e. The van der Waals surface area contributed by atoms with Crippen molar-refractivity contribution in [3.63, 3.8) is 0 Å². The Morgan fingerprint density at radius 3 is 3.10 bits per heavy atom. The summed E-state index contributed by atoms with van der Waals surface area (Å²) in [6, 6.07) is 8.15. The molecule has 1 aliphatic rings. The summed E-state index contributed by atoms with van der Waals surface area (Å²) in [5.41, 5.74) is 1.22. The number of hydrogen-bond donors (Lipinski definition) is 1. The SMILES string of the molecule is CCNc1nc(C2COc3ccccc3C2)ncc1Br. The summed E-state index contributed by atoms with van der Waals surface area (Å²) in [6.07, 6.45) is 2.73. The average Bonchev–Trinajstić information content (AvgIpc) is 2.49. The number of anilines is 1. The molecule has 1 aromatic carbocycles. The molecule has 1 aromatic heterocycles. The average molecular weight is 334 g/mol. The fraction of sp³-hybridized carbons (Fsp3) is 0.333. The minimum atomic E-state index is 0.204. The molecule has 20 heavy (non-hydrogen) atoms. The highest BCUT2D eigenvalue weighted by atomic mass is 79.9. The minimum Gasteiger partial charge on any atom is -0.493 e. The zero-order valence-corrected chi connectivity index (χ0v) is 12.9. The molecule has 0 spiro atoms. The number of benzene rings is 1. The maximum atomic E-state index is 5.81. The van der Waals surface area contributed by atoms with Gasteiger partial charge in [0.2, 0.25) is 0 Å². The summed E-state index contributed by atoms with van der Waals surface area (Å²) in [4.78, 5) is 9.05. The molecular formula is C15H16BrN3O. The van der Waals surface area contributed by atoms with Crippen molar-refractivity contribution >= 4 is 21.7 Å². The van der Waals surface area contributed by atoms with Crippen LogP contribution < -0.4 is 10.1 Å². The molecule has 1 N–H and O–H groups in total. The van der Waals surface area contributed by atoms with Crippen molar-refractivity contribution < 1.29 is 4.74 Å². The Hall–Kier alpha value is -1.62. The zero-order chi connectivity index (χ0) is 13.9. The number of hydrogen-bond acceptors (Lipinski definition) is 4. The van der Waals surface area contributed by atoms with Gasteiger partial charge in [0.25, 0.3) is 0 Å². The van der Waals surface area contributed by atoms with Gasteiger partial charge in [-0.05, 0) is 40.9 Å². The van der Waals surface area contributed by atoms with Crippen LogP contribution in [0.15, 0.2) is 34.9 Å². The first-order valence-corrected chi connectivity index (χ1v) is 7.54. The third-order valence-electron chi connectivity index (χ3n) is 3.35. The first kappa shape index (κ1) is 13.4. The molecule has 0 bridgehead atoms. The Bertz CT molecular complexity index is 618. The van der Waals surface area contributed by atoms with Crippen molar-refractivity contribution in [2.75, 3.05) is 18.5 Å². The topological polar surface area (TPSA) is 47.0 Å². The van der Waals surface area contributed by atoms with E-state index in [0.29, 0.717) is 6.61 Å². The summed E-state index contributed by atoms with van der Waals surface area (Å²) in [5.74, 6) is 2.86. The van der Waals surface area contributed by atoms with Gasteiger partial charge in [0, 0.05) is 12.7 Å². The number of halogens is 1. The second kappa shape index (κ2) is 5.79. The molecule has 0 amide bonds. The molecule has 104 valence electrons. The van der Waals surface area contributed by atoms with Gasteiger partial charge in [0.05, 0.1) is 17.0 Å². The van der Waals surface area contributed by atoms with Gasteiger partial charge in [0.1, 0.15) is 17.4 Å². The van der Waals surface area contributed by atoms with E-state index in [1.807, 2.05) is 25.1 Å². The fourth-order valence-corrected chi connectivity index (χ4v) is 2.69. The van der Waals surface area contributed by atoms with Crippen molar-refractivity contribution in [2.45, 2.75) is 19.3 Å². The van der Waals surface area contributed by atoms with E-state index < -0.39 is 0 Å². The lowest BCUT2D eigenvalue weighted by atomic mass is 9.96. The fourth-order valence-electron chi connectivity index (χ4n) is 2.36. The van der Waals surface area contributed by atoms with Crippen LogP contribution in [0.4, 0.5) is 5.82 Å². The predicted molar refractivity (Wildman–Crippen MR) is 82.3 cm³/mol. The van der Waals surface area contributed by atoms with Crippen molar-refractivity contribution in [1.29, 1.82) is 0 Å². The Morgan fingerprint density at radius 1 is 1.40 bits per heavy atom. The summed E-state index contributed by atoms with van der Waals surface area (Å²) in [7, 11) is 0. The number of para-hydroxylation sites is 1. The number of aromatic nitrogens is 2. The zero-order valence-electron chi connectivity index (χ0n) is 11.3. The highest BCUT2D eigenvalue weighted by Crippen LogP contribution is 2.31.